The topological polar surface area (TPSA) is 33.0 Å². The number of ether oxygens (including phenoxy) is 1. The Balaban J connectivity index is 2.88. The predicted octanol–water partition coefficient (Wildman–Crippen LogP) is 3.92. The van der Waals surface area contributed by atoms with Crippen LogP contribution < -0.4 is 4.74 Å². The standard InChI is InChI=1S/C13H12F3NO/c1-9(2)5-6-18-12-4-3-11(13(14,15)16)7-10(12)8-17/h3-4,7H,1,5-6H2,2H3. The summed E-state index contributed by atoms with van der Waals surface area (Å²) in [5.74, 6) is 0.159. The Bertz CT molecular complexity index is 486. The van der Waals surface area contributed by atoms with E-state index >= 15 is 0 Å². The van der Waals surface area contributed by atoms with E-state index in [4.69, 9.17) is 10.00 Å². The summed E-state index contributed by atoms with van der Waals surface area (Å²) in [6.07, 6.45) is -3.87. The van der Waals surface area contributed by atoms with Gasteiger partial charge in [0.1, 0.15) is 11.8 Å². The highest BCUT2D eigenvalue weighted by Gasteiger charge is 2.31. The zero-order valence-corrected chi connectivity index (χ0v) is 9.84. The normalized spacial score (nSPS) is 10.8. The van der Waals surface area contributed by atoms with Crippen molar-refractivity contribution in [1.29, 1.82) is 5.26 Å². The zero-order valence-electron chi connectivity index (χ0n) is 9.84. The molecule has 18 heavy (non-hydrogen) atoms. The molecule has 5 heteroatoms. The maximum atomic E-state index is 12.4. The van der Waals surface area contributed by atoms with Crippen LogP contribution in [0.2, 0.25) is 0 Å². The van der Waals surface area contributed by atoms with Crippen LogP contribution in [-0.2, 0) is 6.18 Å². The summed E-state index contributed by atoms with van der Waals surface area (Å²) in [5, 5.41) is 8.80. The summed E-state index contributed by atoms with van der Waals surface area (Å²) in [4.78, 5) is 0. The molecule has 0 aliphatic carbocycles. The lowest BCUT2D eigenvalue weighted by atomic mass is 10.1. The Kier molecular flexibility index (Phi) is 4.38. The third-order valence-corrected chi connectivity index (χ3v) is 2.21. The maximum Gasteiger partial charge on any atom is 0.416 e. The Morgan fingerprint density at radius 1 is 1.44 bits per heavy atom. The first-order valence-electron chi connectivity index (χ1n) is 5.23. The van der Waals surface area contributed by atoms with Crippen LogP contribution >= 0.6 is 0 Å². The Morgan fingerprint density at radius 3 is 2.61 bits per heavy atom. The van der Waals surface area contributed by atoms with Gasteiger partial charge in [-0.25, -0.2) is 0 Å². The van der Waals surface area contributed by atoms with Gasteiger partial charge in [0.25, 0.3) is 0 Å². The molecule has 1 aromatic carbocycles. The van der Waals surface area contributed by atoms with Gasteiger partial charge in [-0.2, -0.15) is 18.4 Å². The largest absolute Gasteiger partial charge is 0.492 e. The summed E-state index contributed by atoms with van der Waals surface area (Å²) in [7, 11) is 0. The number of nitrogens with zero attached hydrogens (tertiary/aromatic N) is 1. The average molecular weight is 255 g/mol. The fourth-order valence-corrected chi connectivity index (χ4v) is 1.25. The smallest absolute Gasteiger partial charge is 0.416 e. The van der Waals surface area contributed by atoms with Crippen molar-refractivity contribution in [2.24, 2.45) is 0 Å². The first-order chi connectivity index (χ1) is 8.34. The number of alkyl halides is 3. The van der Waals surface area contributed by atoms with E-state index in [-0.39, 0.29) is 17.9 Å². The van der Waals surface area contributed by atoms with E-state index in [2.05, 4.69) is 6.58 Å². The number of hydrogen-bond donors (Lipinski definition) is 0. The third kappa shape index (κ3) is 3.81. The lowest BCUT2D eigenvalue weighted by Crippen LogP contribution is -2.06. The summed E-state index contributed by atoms with van der Waals surface area (Å²) in [6.45, 7) is 5.79. The molecule has 0 saturated heterocycles. The lowest BCUT2D eigenvalue weighted by Gasteiger charge is -2.11. The van der Waals surface area contributed by atoms with E-state index in [0.717, 1.165) is 17.7 Å². The SMILES string of the molecule is C=C(C)CCOc1ccc(C(F)(F)F)cc1C#N. The molecule has 1 rings (SSSR count). The monoisotopic (exact) mass is 255 g/mol. The average Bonchev–Trinajstić information content (AvgIpc) is 2.27. The molecule has 0 fully saturated rings. The fraction of sp³-hybridized carbons (Fsp3) is 0.308. The lowest BCUT2D eigenvalue weighted by molar-refractivity contribution is -0.137. The fourth-order valence-electron chi connectivity index (χ4n) is 1.25. The van der Waals surface area contributed by atoms with Gasteiger partial charge in [0, 0.05) is 6.42 Å². The molecule has 0 unspecified atom stereocenters. The molecule has 0 spiro atoms. The molecule has 0 saturated carbocycles. The van der Waals surface area contributed by atoms with Crippen LogP contribution in [0, 0.1) is 11.3 Å². The molecule has 0 amide bonds. The van der Waals surface area contributed by atoms with Crippen molar-refractivity contribution in [2.75, 3.05) is 6.61 Å². The molecule has 96 valence electrons. The first-order valence-corrected chi connectivity index (χ1v) is 5.23. The zero-order chi connectivity index (χ0) is 13.8. The minimum absolute atomic E-state index is 0.119. The molecule has 1 aromatic rings. The summed E-state index contributed by atoms with van der Waals surface area (Å²) in [5.41, 5.74) is -0.0711. The second-order valence-corrected chi connectivity index (χ2v) is 3.88. The summed E-state index contributed by atoms with van der Waals surface area (Å²) >= 11 is 0. The number of halogens is 3. The van der Waals surface area contributed by atoms with Gasteiger partial charge in [-0.3, -0.25) is 0 Å². The summed E-state index contributed by atoms with van der Waals surface area (Å²) < 4.78 is 42.6. The van der Waals surface area contributed by atoms with Crippen molar-refractivity contribution in [3.05, 3.63) is 41.5 Å². The van der Waals surface area contributed by atoms with Gasteiger partial charge in [0.15, 0.2) is 0 Å². The van der Waals surface area contributed by atoms with Gasteiger partial charge < -0.3 is 4.74 Å². The van der Waals surface area contributed by atoms with Gasteiger partial charge in [-0.15, -0.1) is 6.58 Å². The molecule has 0 aromatic heterocycles. The van der Waals surface area contributed by atoms with Gasteiger partial charge in [-0.1, -0.05) is 5.57 Å². The second-order valence-electron chi connectivity index (χ2n) is 3.88. The van der Waals surface area contributed by atoms with Crippen LogP contribution in [0.15, 0.2) is 30.4 Å². The van der Waals surface area contributed by atoms with Crippen molar-refractivity contribution in [3.63, 3.8) is 0 Å². The van der Waals surface area contributed by atoms with Gasteiger partial charge >= 0.3 is 6.18 Å². The number of hydrogen-bond acceptors (Lipinski definition) is 2. The molecule has 0 heterocycles. The summed E-state index contributed by atoms with van der Waals surface area (Å²) in [6, 6.07) is 4.55. The van der Waals surface area contributed by atoms with Gasteiger partial charge in [-0.05, 0) is 25.1 Å². The molecular formula is C13H12F3NO. The number of benzene rings is 1. The van der Waals surface area contributed by atoms with E-state index in [9.17, 15) is 13.2 Å². The van der Waals surface area contributed by atoms with E-state index in [1.54, 1.807) is 6.07 Å². The quantitative estimate of drug-likeness (QED) is 0.764. The van der Waals surface area contributed by atoms with E-state index in [1.807, 2.05) is 6.92 Å². The molecule has 0 aliphatic heterocycles. The van der Waals surface area contributed by atoms with Crippen LogP contribution in [0.5, 0.6) is 5.75 Å². The highest BCUT2D eigenvalue weighted by atomic mass is 19.4. The van der Waals surface area contributed by atoms with Crippen LogP contribution in [0.1, 0.15) is 24.5 Å². The Labute approximate surface area is 103 Å². The van der Waals surface area contributed by atoms with Gasteiger partial charge in [0.2, 0.25) is 0 Å². The number of rotatable bonds is 4. The minimum atomic E-state index is -4.46. The molecule has 0 radical (unpaired) electrons. The van der Waals surface area contributed by atoms with Crippen LogP contribution in [0.25, 0.3) is 0 Å². The molecule has 0 aliphatic rings. The van der Waals surface area contributed by atoms with Crippen molar-refractivity contribution in [3.8, 4) is 11.8 Å². The van der Waals surface area contributed by atoms with E-state index < -0.39 is 11.7 Å². The first kappa shape index (κ1) is 14.1. The van der Waals surface area contributed by atoms with Crippen LogP contribution in [-0.4, -0.2) is 6.61 Å². The Morgan fingerprint density at radius 2 is 2.11 bits per heavy atom. The highest BCUT2D eigenvalue weighted by Crippen LogP contribution is 2.32. The van der Waals surface area contributed by atoms with Crippen LogP contribution in [0.4, 0.5) is 13.2 Å². The van der Waals surface area contributed by atoms with Crippen LogP contribution in [0.3, 0.4) is 0 Å². The van der Waals surface area contributed by atoms with Crippen molar-refractivity contribution in [1.82, 2.24) is 0 Å². The van der Waals surface area contributed by atoms with Gasteiger partial charge in [0.05, 0.1) is 17.7 Å². The molecule has 0 bridgehead atoms. The second kappa shape index (κ2) is 5.58. The highest BCUT2D eigenvalue weighted by molar-refractivity contribution is 5.46. The molecule has 0 N–H and O–H groups in total. The molecule has 2 nitrogen and oxygen atoms in total. The van der Waals surface area contributed by atoms with E-state index in [0.29, 0.717) is 6.42 Å². The predicted molar refractivity (Wildman–Crippen MR) is 61.1 cm³/mol. The van der Waals surface area contributed by atoms with Crippen molar-refractivity contribution in [2.45, 2.75) is 19.5 Å². The molecular weight excluding hydrogens is 243 g/mol. The maximum absolute atomic E-state index is 12.4. The minimum Gasteiger partial charge on any atom is -0.492 e. The van der Waals surface area contributed by atoms with Crippen molar-refractivity contribution < 1.29 is 17.9 Å². The Hall–Kier alpha value is -1.96. The number of nitriles is 1. The van der Waals surface area contributed by atoms with E-state index in [1.165, 1.54) is 6.07 Å². The van der Waals surface area contributed by atoms with Crippen molar-refractivity contribution >= 4 is 0 Å². The molecule has 0 atom stereocenters. The third-order valence-electron chi connectivity index (χ3n) is 2.21.